The van der Waals surface area contributed by atoms with Gasteiger partial charge in [-0.05, 0) is 36.9 Å². The zero-order valence-corrected chi connectivity index (χ0v) is 14.0. The molecule has 10 heteroatoms. The van der Waals surface area contributed by atoms with Gasteiger partial charge in [-0.2, -0.15) is 26.3 Å². The van der Waals surface area contributed by atoms with Crippen LogP contribution in [0.4, 0.5) is 30.7 Å². The minimum absolute atomic E-state index is 0.0460. The summed E-state index contributed by atoms with van der Waals surface area (Å²) in [4.78, 5) is 13.0. The first kappa shape index (κ1) is 19.9. The van der Waals surface area contributed by atoms with Crippen molar-refractivity contribution in [1.82, 2.24) is 4.90 Å². The Morgan fingerprint density at radius 2 is 1.70 bits per heavy atom. The molecule has 1 aromatic carbocycles. The number of nitrogens with two attached hydrogens (primary N) is 1. The first-order valence-electron chi connectivity index (χ1n) is 8.34. The predicted octanol–water partition coefficient (Wildman–Crippen LogP) is 3.57. The van der Waals surface area contributed by atoms with Crippen LogP contribution in [0.25, 0.3) is 0 Å². The molecule has 2 aliphatic rings. The second kappa shape index (κ2) is 6.35. The molecule has 2 atom stereocenters. The van der Waals surface area contributed by atoms with Crippen LogP contribution in [0, 0.1) is 0 Å². The lowest BCUT2D eigenvalue weighted by atomic mass is 9.77. The van der Waals surface area contributed by atoms with E-state index in [9.17, 15) is 35.5 Å². The van der Waals surface area contributed by atoms with Crippen molar-refractivity contribution in [2.45, 2.75) is 49.2 Å². The van der Waals surface area contributed by atoms with Gasteiger partial charge in [0.15, 0.2) is 0 Å². The molecule has 150 valence electrons. The predicted molar refractivity (Wildman–Crippen MR) is 81.6 cm³/mol. The van der Waals surface area contributed by atoms with E-state index in [0.29, 0.717) is 37.1 Å². The molecule has 1 aliphatic heterocycles. The van der Waals surface area contributed by atoms with Gasteiger partial charge in [0.05, 0.1) is 6.54 Å². The molecule has 2 N–H and O–H groups in total. The first-order chi connectivity index (χ1) is 12.4. The van der Waals surface area contributed by atoms with Crippen LogP contribution in [0.3, 0.4) is 0 Å². The summed E-state index contributed by atoms with van der Waals surface area (Å²) in [6.07, 6.45) is -11.0. The summed E-state index contributed by atoms with van der Waals surface area (Å²) < 4.78 is 92.0. The Morgan fingerprint density at radius 1 is 1.07 bits per heavy atom. The van der Waals surface area contributed by atoms with Crippen LogP contribution >= 0.6 is 0 Å². The molecule has 1 aliphatic carbocycles. The van der Waals surface area contributed by atoms with Gasteiger partial charge in [-0.15, -0.1) is 0 Å². The van der Waals surface area contributed by atoms with Gasteiger partial charge in [0.2, 0.25) is 5.91 Å². The highest BCUT2D eigenvalue weighted by atomic mass is 19.4. The van der Waals surface area contributed by atoms with Crippen LogP contribution in [0.2, 0.25) is 0 Å². The lowest BCUT2D eigenvalue weighted by molar-refractivity contribution is -0.348. The van der Waals surface area contributed by atoms with Gasteiger partial charge < -0.3 is 5.73 Å². The second-order valence-electron chi connectivity index (χ2n) is 7.01. The number of rotatable bonds is 3. The molecule has 27 heavy (non-hydrogen) atoms. The van der Waals surface area contributed by atoms with E-state index in [2.05, 4.69) is 0 Å². The van der Waals surface area contributed by atoms with Crippen molar-refractivity contribution in [3.05, 3.63) is 34.9 Å². The van der Waals surface area contributed by atoms with Crippen molar-refractivity contribution in [2.75, 3.05) is 13.1 Å². The quantitative estimate of drug-likeness (QED) is 0.792. The van der Waals surface area contributed by atoms with Crippen LogP contribution in [0.5, 0.6) is 0 Å². The van der Waals surface area contributed by atoms with E-state index < -0.39 is 29.5 Å². The highest BCUT2D eigenvalue weighted by Crippen LogP contribution is 2.54. The number of halogens is 7. The molecule has 3 nitrogen and oxygen atoms in total. The number of fused-ring (bicyclic) bond motifs is 3. The monoisotopic (exact) mass is 398 g/mol. The number of alkyl halides is 7. The van der Waals surface area contributed by atoms with E-state index in [1.165, 1.54) is 0 Å². The number of hydrogen-bond donors (Lipinski definition) is 1. The molecule has 1 heterocycles. The Labute approximate surface area is 150 Å². The number of hydrogen-bond acceptors (Lipinski definition) is 2. The van der Waals surface area contributed by atoms with E-state index in [-0.39, 0.29) is 30.5 Å². The zero-order valence-electron chi connectivity index (χ0n) is 14.0. The number of likely N-dealkylation sites (tertiary alicyclic amines) is 1. The average Bonchev–Trinajstić information content (AvgIpc) is 2.94. The Balaban J connectivity index is 1.97. The topological polar surface area (TPSA) is 46.3 Å². The van der Waals surface area contributed by atoms with Gasteiger partial charge in [0.1, 0.15) is 0 Å². The van der Waals surface area contributed by atoms with E-state index in [0.717, 1.165) is 6.07 Å². The number of benzene rings is 1. The van der Waals surface area contributed by atoms with Gasteiger partial charge in [0, 0.05) is 17.5 Å². The van der Waals surface area contributed by atoms with E-state index in [1.54, 1.807) is 0 Å². The van der Waals surface area contributed by atoms with Crippen molar-refractivity contribution in [1.29, 1.82) is 0 Å². The number of amides is 1. The maximum absolute atomic E-state index is 14.3. The normalized spacial score (nSPS) is 23.8. The molecule has 0 spiro atoms. The lowest BCUT2D eigenvalue weighted by Crippen LogP contribution is -2.50. The number of primary amides is 1. The van der Waals surface area contributed by atoms with Crippen LogP contribution in [0.1, 0.15) is 35.4 Å². The van der Waals surface area contributed by atoms with Gasteiger partial charge in [-0.1, -0.05) is 18.2 Å². The Bertz CT molecular complexity index is 730. The minimum atomic E-state index is -6.12. The summed E-state index contributed by atoms with van der Waals surface area (Å²) in [5.41, 5.74) is -0.779. The molecule has 3 rings (SSSR count). The molecule has 0 radical (unpaired) electrons. The second-order valence-corrected chi connectivity index (χ2v) is 7.01. The highest BCUT2D eigenvalue weighted by Gasteiger charge is 2.73. The summed E-state index contributed by atoms with van der Waals surface area (Å²) >= 11 is 0. The summed E-state index contributed by atoms with van der Waals surface area (Å²) in [7, 11) is 0. The van der Waals surface area contributed by atoms with Gasteiger partial charge in [-0.25, -0.2) is 4.39 Å². The third-order valence-corrected chi connectivity index (χ3v) is 5.45. The van der Waals surface area contributed by atoms with Crippen molar-refractivity contribution >= 4 is 5.91 Å². The number of carbonyl (C=O) groups excluding carboxylic acids is 1. The SMILES string of the molecule is NC(=O)CN1CC[C@H]2c3ccc(C(F)(C(F)(F)F)C(F)(F)F)cc3CC[C@H]21. The third-order valence-electron chi connectivity index (χ3n) is 5.45. The molecule has 0 aromatic heterocycles. The largest absolute Gasteiger partial charge is 0.435 e. The summed E-state index contributed by atoms with van der Waals surface area (Å²) in [6.45, 7) is 0.599. The standard InChI is InChI=1S/C17H17F7N2O/c18-15(16(19,20)21,17(22,23)24)10-2-3-11-9(7-10)1-4-13-12(11)5-6-26(13)8-14(25)27/h2-3,7,12-13H,1,4-6,8H2,(H2,25,27)/t12-,13+/m0/s1. The van der Waals surface area contributed by atoms with E-state index in [4.69, 9.17) is 5.73 Å². The van der Waals surface area contributed by atoms with Crippen molar-refractivity contribution in [3.8, 4) is 0 Å². The van der Waals surface area contributed by atoms with E-state index >= 15 is 0 Å². The van der Waals surface area contributed by atoms with Gasteiger partial charge in [0.25, 0.3) is 0 Å². The molecule has 1 fully saturated rings. The molecule has 1 amide bonds. The van der Waals surface area contributed by atoms with Crippen LogP contribution in [-0.4, -0.2) is 42.3 Å². The highest BCUT2D eigenvalue weighted by molar-refractivity contribution is 5.76. The minimum Gasteiger partial charge on any atom is -0.369 e. The smallest absolute Gasteiger partial charge is 0.369 e. The maximum atomic E-state index is 14.3. The van der Waals surface area contributed by atoms with E-state index in [1.807, 2.05) is 4.90 Å². The van der Waals surface area contributed by atoms with Crippen molar-refractivity contribution in [2.24, 2.45) is 5.73 Å². The molecule has 0 bridgehead atoms. The fourth-order valence-electron chi connectivity index (χ4n) is 4.25. The summed E-state index contributed by atoms with van der Waals surface area (Å²) in [5.74, 6) is -0.637. The Morgan fingerprint density at radius 3 is 2.26 bits per heavy atom. The Hall–Kier alpha value is -1.84. The molecule has 1 aromatic rings. The van der Waals surface area contributed by atoms with Gasteiger partial charge in [-0.3, -0.25) is 9.69 Å². The van der Waals surface area contributed by atoms with Crippen LogP contribution in [-0.2, 0) is 16.9 Å². The molecule has 0 unspecified atom stereocenters. The fraction of sp³-hybridized carbons (Fsp3) is 0.588. The zero-order chi connectivity index (χ0) is 20.2. The van der Waals surface area contributed by atoms with Crippen LogP contribution in [0.15, 0.2) is 18.2 Å². The van der Waals surface area contributed by atoms with Crippen molar-refractivity contribution in [3.63, 3.8) is 0 Å². The average molecular weight is 398 g/mol. The molecule has 1 saturated heterocycles. The first-order valence-corrected chi connectivity index (χ1v) is 8.34. The van der Waals surface area contributed by atoms with Crippen molar-refractivity contribution < 1.29 is 35.5 Å². The Kier molecular flexibility index (Phi) is 4.69. The molecular formula is C17H17F7N2O. The summed E-state index contributed by atoms with van der Waals surface area (Å²) in [6, 6.07) is 2.35. The number of carbonyl (C=O) groups is 1. The lowest BCUT2D eigenvalue weighted by Gasteiger charge is -2.35. The molecule has 0 saturated carbocycles. The number of nitrogens with zero attached hydrogens (tertiary/aromatic N) is 1. The summed E-state index contributed by atoms with van der Waals surface area (Å²) in [5, 5.41) is 0. The molecular weight excluding hydrogens is 381 g/mol. The fourth-order valence-corrected chi connectivity index (χ4v) is 4.25. The third kappa shape index (κ3) is 3.17. The maximum Gasteiger partial charge on any atom is 0.435 e. The van der Waals surface area contributed by atoms with Crippen LogP contribution < -0.4 is 5.73 Å². The number of aryl methyl sites for hydroxylation is 1. The van der Waals surface area contributed by atoms with Gasteiger partial charge >= 0.3 is 18.0 Å².